The summed E-state index contributed by atoms with van der Waals surface area (Å²) < 4.78 is 1.84. The van der Waals surface area contributed by atoms with Gasteiger partial charge in [0.2, 0.25) is 0 Å². The summed E-state index contributed by atoms with van der Waals surface area (Å²) in [7, 11) is 0. The third kappa shape index (κ3) is 4.78. The summed E-state index contributed by atoms with van der Waals surface area (Å²) in [5, 5.41) is 7.32. The number of anilines is 1. The van der Waals surface area contributed by atoms with Crippen LogP contribution < -0.4 is 10.6 Å². The van der Waals surface area contributed by atoms with Gasteiger partial charge in [0.15, 0.2) is 11.1 Å². The molecular weight excluding hydrogens is 473 g/mol. The third-order valence-electron chi connectivity index (χ3n) is 4.42. The van der Waals surface area contributed by atoms with Crippen molar-refractivity contribution in [2.45, 2.75) is 6.54 Å². The molecule has 7 nitrogen and oxygen atoms in total. The molecule has 1 aliphatic heterocycles. The van der Waals surface area contributed by atoms with Crippen LogP contribution in [0.25, 0.3) is 5.69 Å². The lowest BCUT2D eigenvalue weighted by Gasteiger charge is -2.35. The number of thiazole rings is 1. The Hall–Kier alpha value is -2.14. The number of hydrogen-bond donors (Lipinski definition) is 1. The molecule has 1 saturated heterocycles. The summed E-state index contributed by atoms with van der Waals surface area (Å²) >= 11 is 1.68. The first-order valence-electron chi connectivity index (χ1n) is 8.58. The van der Waals surface area contributed by atoms with E-state index in [2.05, 4.69) is 37.0 Å². The molecule has 1 aliphatic rings. The van der Waals surface area contributed by atoms with Crippen LogP contribution in [0.15, 0.2) is 59.3 Å². The van der Waals surface area contributed by atoms with E-state index in [0.29, 0.717) is 12.5 Å². The minimum absolute atomic E-state index is 0. The molecule has 0 unspecified atom stereocenters. The Morgan fingerprint density at radius 3 is 2.52 bits per heavy atom. The average molecular weight is 495 g/mol. The zero-order valence-corrected chi connectivity index (χ0v) is 18.0. The highest BCUT2D eigenvalue weighted by atomic mass is 127. The normalized spacial score (nSPS) is 14.9. The highest BCUT2D eigenvalue weighted by Gasteiger charge is 2.19. The molecule has 0 aliphatic carbocycles. The van der Waals surface area contributed by atoms with Crippen molar-refractivity contribution in [2.24, 2.45) is 10.7 Å². The van der Waals surface area contributed by atoms with E-state index in [4.69, 9.17) is 5.73 Å². The lowest BCUT2D eigenvalue weighted by molar-refractivity contribution is 0.380. The van der Waals surface area contributed by atoms with E-state index in [1.54, 1.807) is 17.5 Å². The van der Waals surface area contributed by atoms with Crippen molar-refractivity contribution in [2.75, 3.05) is 31.1 Å². The summed E-state index contributed by atoms with van der Waals surface area (Å²) in [6.07, 6.45) is 5.55. The molecule has 0 radical (unpaired) electrons. The zero-order valence-electron chi connectivity index (χ0n) is 14.8. The second-order valence-corrected chi connectivity index (χ2v) is 6.95. The first kappa shape index (κ1) is 19.6. The predicted octanol–water partition coefficient (Wildman–Crippen LogP) is 2.58. The van der Waals surface area contributed by atoms with Gasteiger partial charge in [0, 0.05) is 50.1 Å². The van der Waals surface area contributed by atoms with Gasteiger partial charge in [-0.3, -0.25) is 0 Å². The lowest BCUT2D eigenvalue weighted by Crippen LogP contribution is -2.51. The quantitative estimate of drug-likeness (QED) is 0.342. The van der Waals surface area contributed by atoms with Gasteiger partial charge in [-0.25, -0.2) is 14.7 Å². The molecule has 0 spiro atoms. The summed E-state index contributed by atoms with van der Waals surface area (Å²) in [4.78, 5) is 13.4. The Kier molecular flexibility index (Phi) is 6.67. The molecule has 142 valence electrons. The molecule has 0 atom stereocenters. The molecule has 4 rings (SSSR count). The van der Waals surface area contributed by atoms with Crippen LogP contribution in [0.1, 0.15) is 5.56 Å². The Bertz CT molecular complexity index is 838. The second-order valence-electron chi connectivity index (χ2n) is 6.08. The lowest BCUT2D eigenvalue weighted by atomic mass is 10.2. The maximum Gasteiger partial charge on any atom is 0.191 e. The number of piperazine rings is 1. The molecule has 0 saturated carbocycles. The van der Waals surface area contributed by atoms with Crippen molar-refractivity contribution in [3.05, 3.63) is 59.9 Å². The summed E-state index contributed by atoms with van der Waals surface area (Å²) in [5.74, 6) is 0.611. The molecule has 0 amide bonds. The van der Waals surface area contributed by atoms with Crippen molar-refractivity contribution in [3.8, 4) is 5.69 Å². The standard InChI is InChI=1S/C18H21N7S.HI/c19-17(23-9-11-24(12-10-23)18-20-7-13-26-18)21-14-15-2-4-16(5-3-15)25-8-1-6-22-25;/h1-8,13H,9-12,14H2,(H2,19,21);1H. The molecule has 2 aromatic heterocycles. The second kappa shape index (κ2) is 9.18. The molecule has 0 bridgehead atoms. The summed E-state index contributed by atoms with van der Waals surface area (Å²) in [6, 6.07) is 10.1. The molecule has 27 heavy (non-hydrogen) atoms. The van der Waals surface area contributed by atoms with Gasteiger partial charge in [-0.1, -0.05) is 12.1 Å². The fraction of sp³-hybridized carbons (Fsp3) is 0.278. The Labute approximate surface area is 179 Å². The molecule has 1 aromatic carbocycles. The van der Waals surface area contributed by atoms with E-state index >= 15 is 0 Å². The topological polar surface area (TPSA) is 75.6 Å². The number of rotatable bonds is 4. The molecule has 1 fully saturated rings. The number of aliphatic imine (C=N–C) groups is 1. The van der Waals surface area contributed by atoms with Crippen LogP contribution in [0.4, 0.5) is 5.13 Å². The number of nitrogens with two attached hydrogens (primary N) is 1. The van der Waals surface area contributed by atoms with Crippen LogP contribution in [-0.2, 0) is 6.54 Å². The first-order valence-corrected chi connectivity index (χ1v) is 9.46. The predicted molar refractivity (Wildman–Crippen MR) is 120 cm³/mol. The number of hydrogen-bond acceptors (Lipinski definition) is 5. The first-order chi connectivity index (χ1) is 12.8. The highest BCUT2D eigenvalue weighted by molar-refractivity contribution is 14.0. The molecular formula is C18H22IN7S. The van der Waals surface area contributed by atoms with Crippen LogP contribution >= 0.6 is 35.3 Å². The Morgan fingerprint density at radius 2 is 1.89 bits per heavy atom. The van der Waals surface area contributed by atoms with Gasteiger partial charge < -0.3 is 15.5 Å². The maximum absolute atomic E-state index is 6.20. The van der Waals surface area contributed by atoms with E-state index < -0.39 is 0 Å². The Morgan fingerprint density at radius 1 is 1.11 bits per heavy atom. The summed E-state index contributed by atoms with van der Waals surface area (Å²) in [5.41, 5.74) is 8.36. The van der Waals surface area contributed by atoms with Gasteiger partial charge in [-0.05, 0) is 23.8 Å². The maximum atomic E-state index is 6.20. The SMILES string of the molecule is I.NC(=NCc1ccc(-n2cccn2)cc1)N1CCN(c2nccs2)CC1. The van der Waals surface area contributed by atoms with Crippen molar-refractivity contribution in [1.82, 2.24) is 19.7 Å². The van der Waals surface area contributed by atoms with E-state index in [-0.39, 0.29) is 24.0 Å². The minimum atomic E-state index is 0. The van der Waals surface area contributed by atoms with E-state index in [1.165, 1.54) is 0 Å². The number of aromatic nitrogens is 3. The van der Waals surface area contributed by atoms with Crippen molar-refractivity contribution in [1.29, 1.82) is 0 Å². The largest absolute Gasteiger partial charge is 0.370 e. The summed E-state index contributed by atoms with van der Waals surface area (Å²) in [6.45, 7) is 4.16. The molecule has 2 N–H and O–H groups in total. The van der Waals surface area contributed by atoms with E-state index in [0.717, 1.165) is 42.6 Å². The van der Waals surface area contributed by atoms with Gasteiger partial charge in [0.1, 0.15) is 0 Å². The van der Waals surface area contributed by atoms with Crippen molar-refractivity contribution in [3.63, 3.8) is 0 Å². The fourth-order valence-corrected chi connectivity index (χ4v) is 3.64. The minimum Gasteiger partial charge on any atom is -0.370 e. The number of benzene rings is 1. The van der Waals surface area contributed by atoms with Crippen LogP contribution in [0.2, 0.25) is 0 Å². The zero-order chi connectivity index (χ0) is 17.8. The van der Waals surface area contributed by atoms with Crippen LogP contribution in [-0.4, -0.2) is 51.8 Å². The third-order valence-corrected chi connectivity index (χ3v) is 5.25. The van der Waals surface area contributed by atoms with Crippen LogP contribution in [0, 0.1) is 0 Å². The van der Waals surface area contributed by atoms with Gasteiger partial charge in [-0.15, -0.1) is 35.3 Å². The number of halogens is 1. The fourth-order valence-electron chi connectivity index (χ4n) is 2.95. The van der Waals surface area contributed by atoms with Gasteiger partial charge in [-0.2, -0.15) is 5.10 Å². The van der Waals surface area contributed by atoms with Gasteiger partial charge in [0.25, 0.3) is 0 Å². The monoisotopic (exact) mass is 495 g/mol. The van der Waals surface area contributed by atoms with Crippen molar-refractivity contribution < 1.29 is 0 Å². The Balaban J connectivity index is 0.00000210. The molecule has 9 heteroatoms. The smallest absolute Gasteiger partial charge is 0.191 e. The van der Waals surface area contributed by atoms with Gasteiger partial charge >= 0.3 is 0 Å². The van der Waals surface area contributed by atoms with E-state index in [1.807, 2.05) is 40.7 Å². The molecule has 3 heterocycles. The average Bonchev–Trinajstić information content (AvgIpc) is 3.40. The van der Waals surface area contributed by atoms with Crippen LogP contribution in [0.3, 0.4) is 0 Å². The highest BCUT2D eigenvalue weighted by Crippen LogP contribution is 2.18. The number of guanidine groups is 1. The van der Waals surface area contributed by atoms with E-state index in [9.17, 15) is 0 Å². The van der Waals surface area contributed by atoms with Crippen molar-refractivity contribution >= 4 is 46.4 Å². The van der Waals surface area contributed by atoms with Crippen LogP contribution in [0.5, 0.6) is 0 Å². The molecule has 3 aromatic rings. The number of nitrogens with zero attached hydrogens (tertiary/aromatic N) is 6. The van der Waals surface area contributed by atoms with Gasteiger partial charge in [0.05, 0.1) is 12.2 Å².